The highest BCUT2D eigenvalue weighted by Crippen LogP contribution is 2.41. The Balaban J connectivity index is 1.35. The van der Waals surface area contributed by atoms with Gasteiger partial charge in [-0.2, -0.15) is 0 Å². The molecular formula is C23H27ClN4O4. The summed E-state index contributed by atoms with van der Waals surface area (Å²) < 4.78 is 10.4. The summed E-state index contributed by atoms with van der Waals surface area (Å²) in [5, 5.41) is 3.17. The van der Waals surface area contributed by atoms with Crippen molar-refractivity contribution in [2.75, 3.05) is 45.7 Å². The number of nitrogens with one attached hydrogen (secondary N) is 1. The second kappa shape index (κ2) is 9.24. The number of carbonyl (C=O) groups is 2. The molecule has 1 aromatic heterocycles. The quantitative estimate of drug-likeness (QED) is 0.702. The van der Waals surface area contributed by atoms with Crippen molar-refractivity contribution in [2.24, 2.45) is 5.41 Å². The SMILES string of the molecule is COc1cc(C(=O)N2CCC3(CCN(C(=O)Nc4ccccc4OC)CC3)C2)cc(Cl)n1. The molecule has 0 bridgehead atoms. The van der Waals surface area contributed by atoms with E-state index < -0.39 is 0 Å². The van der Waals surface area contributed by atoms with Crippen molar-refractivity contribution in [2.45, 2.75) is 19.3 Å². The minimum atomic E-state index is -0.131. The Morgan fingerprint density at radius 1 is 1.03 bits per heavy atom. The van der Waals surface area contributed by atoms with E-state index in [1.807, 2.05) is 34.1 Å². The Hall–Kier alpha value is -3.00. The molecule has 0 aliphatic carbocycles. The molecule has 4 rings (SSSR count). The number of aromatic nitrogens is 1. The predicted octanol–water partition coefficient (Wildman–Crippen LogP) is 3.91. The molecule has 9 heteroatoms. The molecule has 2 aromatic rings. The van der Waals surface area contributed by atoms with Gasteiger partial charge in [-0.1, -0.05) is 23.7 Å². The van der Waals surface area contributed by atoms with Crippen LogP contribution in [0.1, 0.15) is 29.6 Å². The average Bonchev–Trinajstić information content (AvgIpc) is 3.22. The highest BCUT2D eigenvalue weighted by molar-refractivity contribution is 6.29. The van der Waals surface area contributed by atoms with Crippen LogP contribution in [0.2, 0.25) is 5.15 Å². The Labute approximate surface area is 192 Å². The number of ether oxygens (including phenoxy) is 2. The Kier molecular flexibility index (Phi) is 6.41. The lowest BCUT2D eigenvalue weighted by atomic mass is 9.78. The summed E-state index contributed by atoms with van der Waals surface area (Å²) >= 11 is 6.03. The number of anilines is 1. The van der Waals surface area contributed by atoms with E-state index in [9.17, 15) is 9.59 Å². The van der Waals surface area contributed by atoms with Gasteiger partial charge in [0, 0.05) is 37.8 Å². The van der Waals surface area contributed by atoms with Crippen molar-refractivity contribution in [3.63, 3.8) is 0 Å². The number of pyridine rings is 1. The van der Waals surface area contributed by atoms with Crippen LogP contribution >= 0.6 is 11.6 Å². The highest BCUT2D eigenvalue weighted by atomic mass is 35.5. The maximum Gasteiger partial charge on any atom is 0.321 e. The van der Waals surface area contributed by atoms with Crippen molar-refractivity contribution in [3.8, 4) is 11.6 Å². The second-order valence-corrected chi connectivity index (χ2v) is 8.70. The summed E-state index contributed by atoms with van der Waals surface area (Å²) in [6, 6.07) is 10.4. The molecule has 2 aliphatic rings. The third kappa shape index (κ3) is 4.60. The summed E-state index contributed by atoms with van der Waals surface area (Å²) in [5.74, 6) is 0.886. The molecule has 1 aromatic carbocycles. The van der Waals surface area contributed by atoms with Crippen LogP contribution in [0.3, 0.4) is 0 Å². The smallest absolute Gasteiger partial charge is 0.321 e. The van der Waals surface area contributed by atoms with E-state index in [2.05, 4.69) is 10.3 Å². The number of methoxy groups -OCH3 is 2. The number of amides is 3. The van der Waals surface area contributed by atoms with Gasteiger partial charge in [-0.3, -0.25) is 4.79 Å². The van der Waals surface area contributed by atoms with E-state index in [1.54, 1.807) is 19.2 Å². The molecule has 32 heavy (non-hydrogen) atoms. The zero-order chi connectivity index (χ0) is 22.7. The molecule has 2 saturated heterocycles. The van der Waals surface area contributed by atoms with Gasteiger partial charge in [0.25, 0.3) is 5.91 Å². The number of carbonyl (C=O) groups excluding carboxylic acids is 2. The third-order valence-corrected chi connectivity index (χ3v) is 6.61. The van der Waals surface area contributed by atoms with E-state index in [0.29, 0.717) is 49.1 Å². The average molecular weight is 459 g/mol. The fourth-order valence-corrected chi connectivity index (χ4v) is 4.73. The van der Waals surface area contributed by atoms with E-state index >= 15 is 0 Å². The number of urea groups is 1. The summed E-state index contributed by atoms with van der Waals surface area (Å²) in [4.78, 5) is 33.5. The monoisotopic (exact) mass is 458 g/mol. The molecule has 0 radical (unpaired) electrons. The molecule has 8 nitrogen and oxygen atoms in total. The van der Waals surface area contributed by atoms with Crippen LogP contribution in [0.15, 0.2) is 36.4 Å². The largest absolute Gasteiger partial charge is 0.495 e. The number of para-hydroxylation sites is 2. The van der Waals surface area contributed by atoms with E-state index in [0.717, 1.165) is 19.3 Å². The molecule has 170 valence electrons. The molecule has 3 amide bonds. The van der Waals surface area contributed by atoms with Gasteiger partial charge in [-0.05, 0) is 42.9 Å². The van der Waals surface area contributed by atoms with Crippen LogP contribution in [0, 0.1) is 5.41 Å². The number of piperidine rings is 1. The minimum Gasteiger partial charge on any atom is -0.495 e. The first kappa shape index (κ1) is 22.2. The first-order valence-electron chi connectivity index (χ1n) is 10.6. The molecule has 1 N–H and O–H groups in total. The molecule has 0 atom stereocenters. The highest BCUT2D eigenvalue weighted by Gasteiger charge is 2.43. The Morgan fingerprint density at radius 2 is 1.72 bits per heavy atom. The van der Waals surface area contributed by atoms with Crippen LogP contribution in [-0.4, -0.2) is 67.1 Å². The van der Waals surface area contributed by atoms with E-state index in [1.165, 1.54) is 7.11 Å². The van der Waals surface area contributed by atoms with Gasteiger partial charge < -0.3 is 24.6 Å². The molecule has 2 aliphatic heterocycles. The van der Waals surface area contributed by atoms with Crippen molar-refractivity contribution >= 4 is 29.2 Å². The third-order valence-electron chi connectivity index (χ3n) is 6.41. The fourth-order valence-electron chi connectivity index (χ4n) is 4.53. The van der Waals surface area contributed by atoms with Gasteiger partial charge >= 0.3 is 6.03 Å². The lowest BCUT2D eigenvalue weighted by Gasteiger charge is -2.39. The van der Waals surface area contributed by atoms with Crippen LogP contribution in [0.4, 0.5) is 10.5 Å². The van der Waals surface area contributed by atoms with Gasteiger partial charge in [-0.25, -0.2) is 9.78 Å². The van der Waals surface area contributed by atoms with Crippen LogP contribution < -0.4 is 14.8 Å². The zero-order valence-corrected chi connectivity index (χ0v) is 19.0. The van der Waals surface area contributed by atoms with Crippen LogP contribution in [-0.2, 0) is 0 Å². The van der Waals surface area contributed by atoms with Gasteiger partial charge in [0.05, 0.1) is 19.9 Å². The van der Waals surface area contributed by atoms with Gasteiger partial charge in [-0.15, -0.1) is 0 Å². The molecule has 2 fully saturated rings. The number of hydrogen-bond acceptors (Lipinski definition) is 5. The number of likely N-dealkylation sites (tertiary alicyclic amines) is 2. The maximum absolute atomic E-state index is 13.0. The zero-order valence-electron chi connectivity index (χ0n) is 18.3. The standard InChI is InChI=1S/C23H27ClN4O4/c1-31-18-6-4-3-5-17(18)25-22(30)27-10-7-23(8-11-27)9-12-28(15-23)21(29)16-13-19(24)26-20(14-16)32-2/h3-6,13-14H,7-12,15H2,1-2H3,(H,25,30). The van der Waals surface area contributed by atoms with Crippen LogP contribution in [0.25, 0.3) is 0 Å². The van der Waals surface area contributed by atoms with Gasteiger partial charge in [0.1, 0.15) is 10.9 Å². The van der Waals surface area contributed by atoms with Crippen molar-refractivity contribution < 1.29 is 19.1 Å². The summed E-state index contributed by atoms with van der Waals surface area (Å²) in [5.41, 5.74) is 1.18. The molecule has 3 heterocycles. The van der Waals surface area contributed by atoms with Crippen molar-refractivity contribution in [3.05, 3.63) is 47.1 Å². The fraction of sp³-hybridized carbons (Fsp3) is 0.435. The van der Waals surface area contributed by atoms with Crippen LogP contribution in [0.5, 0.6) is 11.6 Å². The number of rotatable bonds is 4. The molecular weight excluding hydrogens is 432 g/mol. The number of nitrogens with zero attached hydrogens (tertiary/aromatic N) is 3. The van der Waals surface area contributed by atoms with E-state index in [-0.39, 0.29) is 22.5 Å². The van der Waals surface area contributed by atoms with Crippen molar-refractivity contribution in [1.82, 2.24) is 14.8 Å². The van der Waals surface area contributed by atoms with Crippen molar-refractivity contribution in [1.29, 1.82) is 0 Å². The number of hydrogen-bond donors (Lipinski definition) is 1. The molecule has 1 spiro atoms. The normalized spacial score (nSPS) is 17.3. The Bertz CT molecular complexity index is 1010. The lowest BCUT2D eigenvalue weighted by molar-refractivity contribution is 0.0739. The first-order chi connectivity index (χ1) is 15.4. The van der Waals surface area contributed by atoms with Gasteiger partial charge in [0.2, 0.25) is 5.88 Å². The summed E-state index contributed by atoms with van der Waals surface area (Å²) in [6.07, 6.45) is 2.64. The summed E-state index contributed by atoms with van der Waals surface area (Å²) in [7, 11) is 3.08. The minimum absolute atomic E-state index is 0.0395. The second-order valence-electron chi connectivity index (χ2n) is 8.32. The summed E-state index contributed by atoms with van der Waals surface area (Å²) in [6.45, 7) is 2.67. The Morgan fingerprint density at radius 3 is 2.41 bits per heavy atom. The first-order valence-corrected chi connectivity index (χ1v) is 11.0. The lowest BCUT2D eigenvalue weighted by Crippen LogP contribution is -2.46. The van der Waals surface area contributed by atoms with Gasteiger partial charge in [0.15, 0.2) is 0 Å². The molecule has 0 unspecified atom stereocenters. The maximum atomic E-state index is 13.0. The number of halogens is 1. The topological polar surface area (TPSA) is 84.0 Å². The molecule has 0 saturated carbocycles. The predicted molar refractivity (Wildman–Crippen MR) is 122 cm³/mol. The van der Waals surface area contributed by atoms with E-state index in [4.69, 9.17) is 21.1 Å². The number of benzene rings is 1.